The summed E-state index contributed by atoms with van der Waals surface area (Å²) in [5.41, 5.74) is -0.538. The summed E-state index contributed by atoms with van der Waals surface area (Å²) < 4.78 is 26.9. The van der Waals surface area contributed by atoms with Crippen molar-refractivity contribution in [2.45, 2.75) is 44.5 Å². The van der Waals surface area contributed by atoms with Crippen LogP contribution >= 0.6 is 0 Å². The number of piperidine rings is 1. The molecule has 0 aromatic carbocycles. The molecular weight excluding hydrogens is 230 g/mol. The molecule has 1 saturated heterocycles. The number of carbonyl (C=O) groups is 1. The van der Waals surface area contributed by atoms with Crippen molar-refractivity contribution in [2.24, 2.45) is 0 Å². The Balaban J connectivity index is 2.57. The number of carbonyl (C=O) groups excluding carboxylic acids is 1. The van der Waals surface area contributed by atoms with E-state index in [9.17, 15) is 13.2 Å². The number of hydrogen-bond acceptors (Lipinski definition) is 4. The number of likely N-dealkylation sites (tertiary alicyclic amines) is 1. The highest BCUT2D eigenvalue weighted by atomic mass is 32.2. The summed E-state index contributed by atoms with van der Waals surface area (Å²) in [5, 5.41) is -0.420. The lowest BCUT2D eigenvalue weighted by molar-refractivity contribution is 0.0219. The number of nitrogens with zero attached hydrogens (tertiary/aromatic N) is 1. The zero-order chi connectivity index (χ0) is 12.3. The van der Waals surface area contributed by atoms with Gasteiger partial charge in [-0.05, 0) is 33.6 Å². The average molecular weight is 249 g/mol. The highest BCUT2D eigenvalue weighted by molar-refractivity contribution is 7.73. The monoisotopic (exact) mass is 249 g/mol. The van der Waals surface area contributed by atoms with Crippen molar-refractivity contribution < 1.29 is 17.9 Å². The quantitative estimate of drug-likeness (QED) is 0.704. The Labute approximate surface area is 97.7 Å². The molecule has 1 aliphatic rings. The van der Waals surface area contributed by atoms with Crippen molar-refractivity contribution in [3.05, 3.63) is 0 Å². The van der Waals surface area contributed by atoms with Gasteiger partial charge in [-0.1, -0.05) is 0 Å². The van der Waals surface area contributed by atoms with Crippen LogP contribution in [0.4, 0.5) is 4.79 Å². The fourth-order valence-electron chi connectivity index (χ4n) is 1.62. The van der Waals surface area contributed by atoms with E-state index in [4.69, 9.17) is 4.74 Å². The molecule has 0 N–H and O–H groups in total. The highest BCUT2D eigenvalue weighted by Gasteiger charge is 2.28. The maximum absolute atomic E-state index is 11.7. The number of hydrogen-bond donors (Lipinski definition) is 1. The molecule has 94 valence electrons. The van der Waals surface area contributed by atoms with Gasteiger partial charge in [0, 0.05) is 13.1 Å². The number of amides is 1. The third kappa shape index (κ3) is 4.00. The first-order valence-electron chi connectivity index (χ1n) is 5.41. The molecule has 0 radical (unpaired) electrons. The van der Waals surface area contributed by atoms with Crippen LogP contribution in [0, 0.1) is 0 Å². The van der Waals surface area contributed by atoms with E-state index < -0.39 is 27.6 Å². The molecule has 0 bridgehead atoms. The van der Waals surface area contributed by atoms with Crippen LogP contribution in [-0.4, -0.2) is 43.4 Å². The average Bonchev–Trinajstić information content (AvgIpc) is 2.15. The predicted octanol–water partition coefficient (Wildman–Crippen LogP) is 0.997. The predicted molar refractivity (Wildman–Crippen MR) is 61.1 cm³/mol. The second-order valence-corrected chi connectivity index (χ2v) is 6.31. The number of ether oxygens (including phenoxy) is 1. The molecule has 1 amide bonds. The summed E-state index contributed by atoms with van der Waals surface area (Å²) in [5.74, 6) is 0. The minimum absolute atomic E-state index is 0.258. The van der Waals surface area contributed by atoms with Gasteiger partial charge in [-0.15, -0.1) is 0 Å². The van der Waals surface area contributed by atoms with E-state index >= 15 is 0 Å². The Morgan fingerprint density at radius 1 is 1.38 bits per heavy atom. The Morgan fingerprint density at radius 3 is 2.50 bits per heavy atom. The van der Waals surface area contributed by atoms with Crippen LogP contribution in [0.15, 0.2) is 0 Å². The fraction of sp³-hybridized carbons (Fsp3) is 0.900. The smallest absolute Gasteiger partial charge is 0.410 e. The fourth-order valence-corrected chi connectivity index (χ4v) is 2.34. The minimum atomic E-state index is -2.45. The van der Waals surface area contributed by atoms with E-state index in [1.165, 1.54) is 4.90 Å². The van der Waals surface area contributed by atoms with E-state index in [0.29, 0.717) is 19.4 Å². The maximum Gasteiger partial charge on any atom is 0.410 e. The van der Waals surface area contributed by atoms with Gasteiger partial charge in [0.05, 0.1) is 5.25 Å². The van der Waals surface area contributed by atoms with Gasteiger partial charge in [0.1, 0.15) is 16.3 Å². The molecule has 0 aromatic heterocycles. The van der Waals surface area contributed by atoms with E-state index in [1.54, 1.807) is 20.8 Å². The molecule has 1 unspecified atom stereocenters. The van der Waals surface area contributed by atoms with Gasteiger partial charge in [-0.25, -0.2) is 13.2 Å². The van der Waals surface area contributed by atoms with Crippen LogP contribution in [-0.2, 0) is 15.4 Å². The lowest BCUT2D eigenvalue weighted by Crippen LogP contribution is -2.45. The van der Waals surface area contributed by atoms with Crippen LogP contribution in [0.1, 0.15) is 33.6 Å². The first-order valence-corrected chi connectivity index (χ1v) is 6.65. The third-order valence-corrected chi connectivity index (χ3v) is 3.36. The van der Waals surface area contributed by atoms with Gasteiger partial charge >= 0.3 is 6.09 Å². The summed E-state index contributed by atoms with van der Waals surface area (Å²) in [7, 11) is -2.45. The second kappa shape index (κ2) is 5.03. The van der Waals surface area contributed by atoms with Crippen LogP contribution in [0.2, 0.25) is 0 Å². The van der Waals surface area contributed by atoms with Gasteiger partial charge in [-0.2, -0.15) is 0 Å². The largest absolute Gasteiger partial charge is 0.444 e. The molecule has 1 atom stereocenters. The summed E-state index contributed by atoms with van der Waals surface area (Å²) >= 11 is 0. The van der Waals surface area contributed by atoms with E-state index in [2.05, 4.69) is 0 Å². The van der Waals surface area contributed by atoms with E-state index in [-0.39, 0.29) is 6.54 Å². The first kappa shape index (κ1) is 13.3. The van der Waals surface area contributed by atoms with Crippen molar-refractivity contribution in [3.8, 4) is 0 Å². The van der Waals surface area contributed by atoms with Crippen LogP contribution < -0.4 is 0 Å². The molecule has 1 heterocycles. The summed E-state index contributed by atoms with van der Waals surface area (Å²) in [6.07, 6.45) is 0.930. The minimum Gasteiger partial charge on any atom is -0.444 e. The van der Waals surface area contributed by atoms with Crippen molar-refractivity contribution in [1.29, 1.82) is 0 Å². The van der Waals surface area contributed by atoms with Crippen LogP contribution in [0.3, 0.4) is 0 Å². The molecule has 0 saturated carbocycles. The van der Waals surface area contributed by atoms with Gasteiger partial charge in [-0.3, -0.25) is 0 Å². The third-order valence-electron chi connectivity index (χ3n) is 2.35. The summed E-state index contributed by atoms with van der Waals surface area (Å²) in [6.45, 7) is 6.21. The highest BCUT2D eigenvalue weighted by Crippen LogP contribution is 2.16. The van der Waals surface area contributed by atoms with Gasteiger partial charge in [0.2, 0.25) is 0 Å². The normalized spacial score (nSPS) is 22.2. The van der Waals surface area contributed by atoms with Crippen molar-refractivity contribution in [2.75, 3.05) is 13.1 Å². The lowest BCUT2D eigenvalue weighted by atomic mass is 10.1. The second-order valence-electron chi connectivity index (χ2n) is 5.01. The zero-order valence-corrected chi connectivity index (χ0v) is 10.8. The Bertz CT molecular complexity index is 324. The van der Waals surface area contributed by atoms with Gasteiger partial charge < -0.3 is 9.64 Å². The summed E-state index contributed by atoms with van der Waals surface area (Å²) in [4.78, 5) is 13.2. The van der Waals surface area contributed by atoms with E-state index in [0.717, 1.165) is 0 Å². The molecule has 16 heavy (non-hydrogen) atoms. The number of thiol groups is 1. The molecule has 0 spiro atoms. The molecule has 0 aliphatic carbocycles. The number of rotatable bonds is 1. The molecule has 1 aliphatic heterocycles. The Hall–Kier alpha value is -0.780. The maximum atomic E-state index is 11.7. The topological polar surface area (TPSA) is 63.7 Å². The van der Waals surface area contributed by atoms with Gasteiger partial charge in [0.15, 0.2) is 0 Å². The SMILES string of the molecule is CC(C)(C)OC(=O)N1CCCC([SH](=O)=O)C1. The Kier molecular flexibility index (Phi) is 4.18. The lowest BCUT2D eigenvalue weighted by Gasteiger charge is -2.32. The molecular formula is C10H19NO4S. The van der Waals surface area contributed by atoms with Crippen LogP contribution in [0.5, 0.6) is 0 Å². The van der Waals surface area contributed by atoms with Crippen LogP contribution in [0.25, 0.3) is 0 Å². The molecule has 1 fully saturated rings. The Morgan fingerprint density at radius 2 is 2.00 bits per heavy atom. The van der Waals surface area contributed by atoms with Crippen molar-refractivity contribution in [3.63, 3.8) is 0 Å². The molecule has 6 heteroatoms. The van der Waals surface area contributed by atoms with Gasteiger partial charge in [0.25, 0.3) is 0 Å². The first-order chi connectivity index (χ1) is 7.29. The summed E-state index contributed by atoms with van der Waals surface area (Å²) in [6, 6.07) is 0. The standard InChI is InChI=1S/C10H19NO4S/c1-10(2,3)15-9(12)11-6-4-5-8(7-11)16(13)14/h8,16H,4-7H2,1-3H3. The van der Waals surface area contributed by atoms with Crippen molar-refractivity contribution >= 4 is 16.8 Å². The van der Waals surface area contributed by atoms with E-state index in [1.807, 2.05) is 0 Å². The van der Waals surface area contributed by atoms with Crippen molar-refractivity contribution in [1.82, 2.24) is 4.90 Å². The zero-order valence-electron chi connectivity index (χ0n) is 9.93. The molecule has 0 aromatic rings. The molecule has 1 rings (SSSR count). The molecule has 5 nitrogen and oxygen atoms in total.